The van der Waals surface area contributed by atoms with E-state index in [0.717, 1.165) is 42.5 Å². The first kappa shape index (κ1) is 18.9. The van der Waals surface area contributed by atoms with Crippen LogP contribution in [-0.2, 0) is 6.54 Å². The Morgan fingerprint density at radius 2 is 1.89 bits per heavy atom. The molecule has 0 amide bonds. The molecule has 144 valence electrons. The van der Waals surface area contributed by atoms with Crippen molar-refractivity contribution in [3.05, 3.63) is 54.1 Å². The van der Waals surface area contributed by atoms with Gasteiger partial charge in [-0.3, -0.25) is 4.99 Å². The summed E-state index contributed by atoms with van der Waals surface area (Å²) in [6, 6.07) is 16.8. The van der Waals surface area contributed by atoms with E-state index in [1.165, 1.54) is 5.69 Å². The summed E-state index contributed by atoms with van der Waals surface area (Å²) in [5, 5.41) is 6.91. The van der Waals surface area contributed by atoms with Gasteiger partial charge in [0.2, 0.25) is 0 Å². The molecule has 0 aromatic heterocycles. The Labute approximate surface area is 161 Å². The molecule has 1 aliphatic rings. The van der Waals surface area contributed by atoms with E-state index in [0.29, 0.717) is 12.6 Å². The second-order valence-electron chi connectivity index (χ2n) is 6.53. The number of methoxy groups -OCH3 is 2. The van der Waals surface area contributed by atoms with Crippen molar-refractivity contribution in [2.45, 2.75) is 19.0 Å². The summed E-state index contributed by atoms with van der Waals surface area (Å²) in [5.41, 5.74) is 2.38. The zero-order valence-corrected chi connectivity index (χ0v) is 16.2. The van der Waals surface area contributed by atoms with Crippen molar-refractivity contribution >= 4 is 11.6 Å². The second-order valence-corrected chi connectivity index (χ2v) is 6.53. The van der Waals surface area contributed by atoms with Crippen molar-refractivity contribution < 1.29 is 9.47 Å². The van der Waals surface area contributed by atoms with Crippen LogP contribution in [0.2, 0.25) is 0 Å². The van der Waals surface area contributed by atoms with Crippen LogP contribution in [0.4, 0.5) is 5.69 Å². The van der Waals surface area contributed by atoms with Gasteiger partial charge in [0.15, 0.2) is 17.5 Å². The largest absolute Gasteiger partial charge is 0.493 e. The molecule has 1 unspecified atom stereocenters. The van der Waals surface area contributed by atoms with Gasteiger partial charge in [0.1, 0.15) is 0 Å². The van der Waals surface area contributed by atoms with Crippen LogP contribution in [0.1, 0.15) is 12.0 Å². The molecule has 6 nitrogen and oxygen atoms in total. The molecule has 3 rings (SSSR count). The van der Waals surface area contributed by atoms with Crippen LogP contribution in [0.25, 0.3) is 0 Å². The number of benzene rings is 2. The molecule has 6 heteroatoms. The maximum absolute atomic E-state index is 5.37. The molecular formula is C21H28N4O2. The van der Waals surface area contributed by atoms with E-state index in [4.69, 9.17) is 9.47 Å². The predicted octanol–water partition coefficient (Wildman–Crippen LogP) is 2.65. The number of hydrogen-bond donors (Lipinski definition) is 2. The number of para-hydroxylation sites is 1. The van der Waals surface area contributed by atoms with E-state index >= 15 is 0 Å². The zero-order valence-electron chi connectivity index (χ0n) is 16.2. The van der Waals surface area contributed by atoms with Crippen LogP contribution in [-0.4, -0.2) is 46.4 Å². The lowest BCUT2D eigenvalue weighted by Gasteiger charge is -2.20. The molecule has 0 spiro atoms. The van der Waals surface area contributed by atoms with Gasteiger partial charge in [-0.2, -0.15) is 0 Å². The Kier molecular flexibility index (Phi) is 6.41. The summed E-state index contributed by atoms with van der Waals surface area (Å²) in [6.07, 6.45) is 1.09. The number of rotatable bonds is 6. The molecule has 1 fully saturated rings. The molecule has 0 bridgehead atoms. The van der Waals surface area contributed by atoms with Crippen LogP contribution in [0.3, 0.4) is 0 Å². The third-order valence-corrected chi connectivity index (χ3v) is 4.78. The smallest absolute Gasteiger partial charge is 0.191 e. The summed E-state index contributed by atoms with van der Waals surface area (Å²) in [6.45, 7) is 2.69. The molecular weight excluding hydrogens is 340 g/mol. The lowest BCUT2D eigenvalue weighted by molar-refractivity contribution is 0.354. The molecule has 2 aromatic carbocycles. The minimum atomic E-state index is 0.377. The highest BCUT2D eigenvalue weighted by molar-refractivity contribution is 5.80. The number of hydrogen-bond acceptors (Lipinski definition) is 4. The van der Waals surface area contributed by atoms with E-state index in [1.807, 2.05) is 18.2 Å². The summed E-state index contributed by atoms with van der Waals surface area (Å²) in [7, 11) is 5.09. The number of ether oxygens (including phenoxy) is 2. The first-order chi connectivity index (χ1) is 13.2. The van der Waals surface area contributed by atoms with E-state index in [1.54, 1.807) is 21.3 Å². The van der Waals surface area contributed by atoms with Crippen molar-refractivity contribution in [2.24, 2.45) is 4.99 Å². The Morgan fingerprint density at radius 1 is 1.11 bits per heavy atom. The molecule has 1 atom stereocenters. The molecule has 2 N–H and O–H groups in total. The Morgan fingerprint density at radius 3 is 2.59 bits per heavy atom. The van der Waals surface area contributed by atoms with Crippen molar-refractivity contribution in [3.63, 3.8) is 0 Å². The third kappa shape index (κ3) is 4.84. The molecule has 1 heterocycles. The van der Waals surface area contributed by atoms with Gasteiger partial charge in [-0.05, 0) is 36.2 Å². The highest BCUT2D eigenvalue weighted by Crippen LogP contribution is 2.27. The zero-order chi connectivity index (χ0) is 19.1. The summed E-state index contributed by atoms with van der Waals surface area (Å²) < 4.78 is 10.7. The molecule has 0 radical (unpaired) electrons. The van der Waals surface area contributed by atoms with Gasteiger partial charge >= 0.3 is 0 Å². The molecule has 0 saturated carbocycles. The fourth-order valence-corrected chi connectivity index (χ4v) is 3.32. The number of aliphatic imine (C=N–C) groups is 1. The van der Waals surface area contributed by atoms with E-state index in [9.17, 15) is 0 Å². The van der Waals surface area contributed by atoms with Gasteiger partial charge in [0.05, 0.1) is 14.2 Å². The van der Waals surface area contributed by atoms with Crippen molar-refractivity contribution in [2.75, 3.05) is 39.3 Å². The minimum Gasteiger partial charge on any atom is -0.493 e. The SMILES string of the molecule is CN=C(NCc1ccc(OC)c(OC)c1)NC1CCN(c2ccccc2)C1. The third-order valence-electron chi connectivity index (χ3n) is 4.78. The van der Waals surface area contributed by atoms with Gasteiger partial charge in [0, 0.05) is 38.4 Å². The average Bonchev–Trinajstić information content (AvgIpc) is 3.20. The monoisotopic (exact) mass is 368 g/mol. The maximum atomic E-state index is 5.37. The van der Waals surface area contributed by atoms with Gasteiger partial charge in [-0.25, -0.2) is 0 Å². The van der Waals surface area contributed by atoms with Crippen LogP contribution in [0.5, 0.6) is 11.5 Å². The molecule has 27 heavy (non-hydrogen) atoms. The highest BCUT2D eigenvalue weighted by atomic mass is 16.5. The number of nitrogens with zero attached hydrogens (tertiary/aromatic N) is 2. The normalized spacial score (nSPS) is 16.9. The lowest BCUT2D eigenvalue weighted by atomic mass is 10.2. The number of anilines is 1. The average molecular weight is 368 g/mol. The first-order valence-corrected chi connectivity index (χ1v) is 9.21. The standard InChI is InChI=1S/C21H28N4O2/c1-22-21(23-14-16-9-10-19(26-2)20(13-16)27-3)24-17-11-12-25(15-17)18-7-5-4-6-8-18/h4-10,13,17H,11-12,14-15H2,1-3H3,(H2,22,23,24). The first-order valence-electron chi connectivity index (χ1n) is 9.21. The molecule has 2 aromatic rings. The summed E-state index contributed by atoms with van der Waals surface area (Å²) in [5.74, 6) is 2.27. The predicted molar refractivity (Wildman–Crippen MR) is 110 cm³/mol. The lowest BCUT2D eigenvalue weighted by Crippen LogP contribution is -2.44. The van der Waals surface area contributed by atoms with E-state index in [-0.39, 0.29) is 0 Å². The maximum Gasteiger partial charge on any atom is 0.191 e. The van der Waals surface area contributed by atoms with Gasteiger partial charge in [-0.1, -0.05) is 24.3 Å². The van der Waals surface area contributed by atoms with Gasteiger partial charge in [0.25, 0.3) is 0 Å². The highest BCUT2D eigenvalue weighted by Gasteiger charge is 2.23. The van der Waals surface area contributed by atoms with Crippen LogP contribution in [0.15, 0.2) is 53.5 Å². The van der Waals surface area contributed by atoms with Crippen molar-refractivity contribution in [1.29, 1.82) is 0 Å². The van der Waals surface area contributed by atoms with Crippen LogP contribution < -0.4 is 25.0 Å². The Balaban J connectivity index is 1.53. The molecule has 1 saturated heterocycles. The number of nitrogens with one attached hydrogen (secondary N) is 2. The summed E-state index contributed by atoms with van der Waals surface area (Å²) in [4.78, 5) is 6.76. The fourth-order valence-electron chi connectivity index (χ4n) is 3.32. The van der Waals surface area contributed by atoms with Crippen molar-refractivity contribution in [3.8, 4) is 11.5 Å². The molecule has 1 aliphatic heterocycles. The Hall–Kier alpha value is -2.89. The topological polar surface area (TPSA) is 58.1 Å². The van der Waals surface area contributed by atoms with E-state index < -0.39 is 0 Å². The van der Waals surface area contributed by atoms with Crippen LogP contribution >= 0.6 is 0 Å². The minimum absolute atomic E-state index is 0.377. The number of guanidine groups is 1. The fraction of sp³-hybridized carbons (Fsp3) is 0.381. The van der Waals surface area contributed by atoms with E-state index in [2.05, 4.69) is 50.9 Å². The summed E-state index contributed by atoms with van der Waals surface area (Å²) >= 11 is 0. The van der Waals surface area contributed by atoms with Gasteiger partial charge < -0.3 is 25.0 Å². The second kappa shape index (κ2) is 9.16. The Bertz CT molecular complexity index is 764. The quantitative estimate of drug-likeness (QED) is 0.606. The van der Waals surface area contributed by atoms with Gasteiger partial charge in [-0.15, -0.1) is 0 Å². The van der Waals surface area contributed by atoms with Crippen molar-refractivity contribution in [1.82, 2.24) is 10.6 Å². The van der Waals surface area contributed by atoms with Crippen LogP contribution in [0, 0.1) is 0 Å². The molecule has 0 aliphatic carbocycles.